The van der Waals surface area contributed by atoms with Gasteiger partial charge in [-0.2, -0.15) is 5.10 Å². The molecule has 0 radical (unpaired) electrons. The predicted octanol–water partition coefficient (Wildman–Crippen LogP) is 2.40. The van der Waals surface area contributed by atoms with Crippen molar-refractivity contribution in [3.8, 4) is 5.75 Å². The predicted molar refractivity (Wildman–Crippen MR) is 108 cm³/mol. The molecule has 1 aromatic carbocycles. The molecule has 0 saturated heterocycles. The lowest BCUT2D eigenvalue weighted by Crippen LogP contribution is -2.36. The molecule has 1 aromatic heterocycles. The maximum absolute atomic E-state index is 5.91. The average molecular weight is 374 g/mol. The summed E-state index contributed by atoms with van der Waals surface area (Å²) in [6, 6.07) is 6.23. The number of nitrogens with zero attached hydrogens (tertiary/aromatic N) is 3. The molecule has 0 aliphatic rings. The largest absolute Gasteiger partial charge is 0.491 e. The van der Waals surface area contributed by atoms with Crippen molar-refractivity contribution in [3.63, 3.8) is 0 Å². The van der Waals surface area contributed by atoms with E-state index in [9.17, 15) is 0 Å². The number of aliphatic imine (C=N–C) groups is 1. The molecule has 0 atom stereocenters. The molecule has 2 rings (SSSR count). The highest BCUT2D eigenvalue weighted by atomic mass is 16.5. The number of aryl methyl sites for hydroxylation is 2. The van der Waals surface area contributed by atoms with Crippen molar-refractivity contribution in [1.82, 2.24) is 20.4 Å². The lowest BCUT2D eigenvalue weighted by atomic mass is 10.1. The van der Waals surface area contributed by atoms with Crippen LogP contribution in [0, 0.1) is 6.92 Å². The van der Waals surface area contributed by atoms with E-state index >= 15 is 0 Å². The zero-order chi connectivity index (χ0) is 19.5. The second-order valence-corrected chi connectivity index (χ2v) is 6.23. The van der Waals surface area contributed by atoms with E-state index in [0.29, 0.717) is 32.9 Å². The number of benzene rings is 1. The van der Waals surface area contributed by atoms with Crippen molar-refractivity contribution in [3.05, 3.63) is 47.3 Å². The first kappa shape index (κ1) is 20.8. The Morgan fingerprint density at radius 1 is 1.22 bits per heavy atom. The Morgan fingerprint density at radius 3 is 2.78 bits per heavy atom. The van der Waals surface area contributed by atoms with Crippen molar-refractivity contribution < 1.29 is 9.47 Å². The molecule has 0 aliphatic heterocycles. The topological polar surface area (TPSA) is 72.7 Å². The van der Waals surface area contributed by atoms with Gasteiger partial charge in [-0.15, -0.1) is 0 Å². The first-order valence-electron chi connectivity index (χ1n) is 9.42. The standard InChI is InChI=1S/C20H31N5O2/c1-5-21-20(22-12-17-13-24-25(4)15-17)23-14-18-8-7-16(3)11-19(18)27-10-9-26-6-2/h7-8,11,13,15H,5-6,9-10,12,14H2,1-4H3,(H2,21,22,23). The lowest BCUT2D eigenvalue weighted by molar-refractivity contribution is 0.110. The number of rotatable bonds is 10. The van der Waals surface area contributed by atoms with Crippen LogP contribution < -0.4 is 15.4 Å². The Hall–Kier alpha value is -2.54. The van der Waals surface area contributed by atoms with Crippen LogP contribution in [0.3, 0.4) is 0 Å². The number of hydrogen-bond donors (Lipinski definition) is 2. The Bertz CT molecular complexity index is 727. The summed E-state index contributed by atoms with van der Waals surface area (Å²) in [6.45, 7) is 9.93. The third-order valence-electron chi connectivity index (χ3n) is 3.88. The van der Waals surface area contributed by atoms with Gasteiger partial charge in [0.05, 0.1) is 19.3 Å². The van der Waals surface area contributed by atoms with Crippen LogP contribution in [0.4, 0.5) is 0 Å². The normalized spacial score (nSPS) is 11.5. The van der Waals surface area contributed by atoms with E-state index < -0.39 is 0 Å². The van der Waals surface area contributed by atoms with Gasteiger partial charge in [0, 0.05) is 44.1 Å². The molecule has 148 valence electrons. The number of ether oxygens (including phenoxy) is 2. The maximum Gasteiger partial charge on any atom is 0.191 e. The minimum Gasteiger partial charge on any atom is -0.491 e. The van der Waals surface area contributed by atoms with Crippen LogP contribution in [0.5, 0.6) is 5.75 Å². The highest BCUT2D eigenvalue weighted by molar-refractivity contribution is 5.79. The minimum absolute atomic E-state index is 0.541. The molecule has 0 saturated carbocycles. The number of aromatic nitrogens is 2. The van der Waals surface area contributed by atoms with Crippen LogP contribution >= 0.6 is 0 Å². The number of nitrogens with one attached hydrogen (secondary N) is 2. The summed E-state index contributed by atoms with van der Waals surface area (Å²) in [6.07, 6.45) is 3.80. The Morgan fingerprint density at radius 2 is 2.07 bits per heavy atom. The summed E-state index contributed by atoms with van der Waals surface area (Å²) in [4.78, 5) is 4.63. The molecular weight excluding hydrogens is 342 g/mol. The van der Waals surface area contributed by atoms with Gasteiger partial charge < -0.3 is 20.1 Å². The summed E-state index contributed by atoms with van der Waals surface area (Å²) in [5.41, 5.74) is 3.33. The van der Waals surface area contributed by atoms with Gasteiger partial charge in [0.1, 0.15) is 12.4 Å². The third-order valence-corrected chi connectivity index (χ3v) is 3.88. The molecule has 0 spiro atoms. The van der Waals surface area contributed by atoms with E-state index in [1.165, 1.54) is 5.56 Å². The van der Waals surface area contributed by atoms with Crippen LogP contribution in [0.15, 0.2) is 35.6 Å². The minimum atomic E-state index is 0.541. The first-order chi connectivity index (χ1) is 13.1. The molecule has 7 nitrogen and oxygen atoms in total. The first-order valence-corrected chi connectivity index (χ1v) is 9.42. The second kappa shape index (κ2) is 11.2. The van der Waals surface area contributed by atoms with Gasteiger partial charge in [0.25, 0.3) is 0 Å². The zero-order valence-corrected chi connectivity index (χ0v) is 16.8. The Labute approximate surface area is 161 Å². The molecule has 0 aliphatic carbocycles. The fraction of sp³-hybridized carbons (Fsp3) is 0.500. The van der Waals surface area contributed by atoms with Crippen LogP contribution in [0.2, 0.25) is 0 Å². The molecule has 7 heteroatoms. The van der Waals surface area contributed by atoms with Crippen molar-refractivity contribution in [2.24, 2.45) is 12.0 Å². The monoisotopic (exact) mass is 373 g/mol. The molecular formula is C20H31N5O2. The van der Waals surface area contributed by atoms with Gasteiger partial charge in [-0.3, -0.25) is 4.68 Å². The Kier molecular flexibility index (Phi) is 8.64. The van der Waals surface area contributed by atoms with Gasteiger partial charge >= 0.3 is 0 Å². The molecule has 0 fully saturated rings. The smallest absolute Gasteiger partial charge is 0.191 e. The molecule has 1 heterocycles. The van der Waals surface area contributed by atoms with Gasteiger partial charge in [-0.25, -0.2) is 4.99 Å². The summed E-state index contributed by atoms with van der Waals surface area (Å²) in [7, 11) is 1.90. The van der Waals surface area contributed by atoms with Crippen LogP contribution in [0.25, 0.3) is 0 Å². The SMILES string of the molecule is CCNC(=NCc1cnn(C)c1)NCc1ccc(C)cc1OCCOCC. The van der Waals surface area contributed by atoms with Crippen molar-refractivity contribution in [2.45, 2.75) is 33.9 Å². The zero-order valence-electron chi connectivity index (χ0n) is 16.8. The van der Waals surface area contributed by atoms with E-state index in [1.54, 1.807) is 4.68 Å². The van der Waals surface area contributed by atoms with Crippen molar-refractivity contribution in [2.75, 3.05) is 26.4 Å². The van der Waals surface area contributed by atoms with Crippen LogP contribution in [-0.2, 0) is 24.9 Å². The van der Waals surface area contributed by atoms with Crippen LogP contribution in [0.1, 0.15) is 30.5 Å². The van der Waals surface area contributed by atoms with E-state index in [2.05, 4.69) is 52.8 Å². The van der Waals surface area contributed by atoms with Crippen LogP contribution in [-0.4, -0.2) is 42.1 Å². The quantitative estimate of drug-likeness (QED) is 0.380. The molecule has 27 heavy (non-hydrogen) atoms. The van der Waals surface area contributed by atoms with E-state index in [4.69, 9.17) is 9.47 Å². The third kappa shape index (κ3) is 7.30. The molecule has 2 N–H and O–H groups in total. The van der Waals surface area contributed by atoms with E-state index in [-0.39, 0.29) is 0 Å². The molecule has 0 unspecified atom stereocenters. The summed E-state index contributed by atoms with van der Waals surface area (Å²) in [5, 5.41) is 10.8. The van der Waals surface area contributed by atoms with Gasteiger partial charge in [-0.1, -0.05) is 12.1 Å². The molecule has 0 amide bonds. The van der Waals surface area contributed by atoms with Crippen molar-refractivity contribution in [1.29, 1.82) is 0 Å². The summed E-state index contributed by atoms with van der Waals surface area (Å²) >= 11 is 0. The lowest BCUT2D eigenvalue weighted by Gasteiger charge is -2.15. The van der Waals surface area contributed by atoms with E-state index in [0.717, 1.165) is 29.4 Å². The summed E-state index contributed by atoms with van der Waals surface area (Å²) in [5.74, 6) is 1.65. The second-order valence-electron chi connectivity index (χ2n) is 6.23. The molecule has 0 bridgehead atoms. The molecule has 2 aromatic rings. The van der Waals surface area contributed by atoms with E-state index in [1.807, 2.05) is 26.4 Å². The Balaban J connectivity index is 1.98. The van der Waals surface area contributed by atoms with Gasteiger partial charge in [-0.05, 0) is 32.4 Å². The fourth-order valence-corrected chi connectivity index (χ4v) is 2.54. The summed E-state index contributed by atoms with van der Waals surface area (Å²) < 4.78 is 13.0. The average Bonchev–Trinajstić information content (AvgIpc) is 3.07. The van der Waals surface area contributed by atoms with Gasteiger partial charge in [0.15, 0.2) is 5.96 Å². The number of hydrogen-bond acceptors (Lipinski definition) is 4. The van der Waals surface area contributed by atoms with Crippen molar-refractivity contribution >= 4 is 5.96 Å². The fourth-order valence-electron chi connectivity index (χ4n) is 2.54. The highest BCUT2D eigenvalue weighted by Gasteiger charge is 2.06. The number of guanidine groups is 1. The maximum atomic E-state index is 5.91. The van der Waals surface area contributed by atoms with Gasteiger partial charge in [0.2, 0.25) is 0 Å². The highest BCUT2D eigenvalue weighted by Crippen LogP contribution is 2.20.